The minimum atomic E-state index is -4.53. The maximum absolute atomic E-state index is 12.9. The average Bonchev–Trinajstić information content (AvgIpc) is 3.40. The second kappa shape index (κ2) is 7.70. The van der Waals surface area contributed by atoms with Gasteiger partial charge < -0.3 is 9.69 Å². The molecule has 0 saturated heterocycles. The van der Waals surface area contributed by atoms with E-state index in [9.17, 15) is 18.4 Å². The number of aryl methyl sites for hydroxylation is 3. The van der Waals surface area contributed by atoms with E-state index in [0.29, 0.717) is 22.4 Å². The van der Waals surface area contributed by atoms with E-state index in [1.165, 1.54) is 21.9 Å². The molecule has 1 aromatic carbocycles. The maximum atomic E-state index is 12.9. The van der Waals surface area contributed by atoms with Crippen LogP contribution in [0, 0.1) is 5.21 Å². The molecular formula is C21H30N5O4S+. The Hall–Kier alpha value is -2.27. The lowest BCUT2D eigenvalue weighted by Crippen LogP contribution is -3.12. The summed E-state index contributed by atoms with van der Waals surface area (Å²) in [6.07, 6.45) is 5.54. The third kappa shape index (κ3) is 4.12. The molecule has 2 amide bonds. The second-order valence-electron chi connectivity index (χ2n) is 9.53. The molecule has 0 fully saturated rings. The minimum absolute atomic E-state index is 0.387. The van der Waals surface area contributed by atoms with Crippen molar-refractivity contribution in [1.29, 1.82) is 0 Å². The van der Waals surface area contributed by atoms with E-state index < -0.39 is 20.5 Å². The Morgan fingerprint density at radius 3 is 2.26 bits per heavy atom. The second-order valence-corrected chi connectivity index (χ2v) is 11.3. The number of nitrogens with zero attached hydrogens (tertiary/aromatic N) is 3. The van der Waals surface area contributed by atoms with Crippen molar-refractivity contribution in [3.05, 3.63) is 45.3 Å². The van der Waals surface area contributed by atoms with Gasteiger partial charge in [-0.15, -0.1) is 0 Å². The molecule has 0 aliphatic heterocycles. The van der Waals surface area contributed by atoms with Crippen LogP contribution in [0.15, 0.2) is 17.2 Å². The van der Waals surface area contributed by atoms with Crippen molar-refractivity contribution in [1.82, 2.24) is 9.78 Å². The highest BCUT2D eigenvalue weighted by Gasteiger charge is 2.34. The lowest BCUT2D eigenvalue weighted by atomic mass is 9.99. The Balaban J connectivity index is 1.60. The summed E-state index contributed by atoms with van der Waals surface area (Å²) in [7, 11) is 3.00. The van der Waals surface area contributed by atoms with E-state index in [-0.39, 0.29) is 5.03 Å². The van der Waals surface area contributed by atoms with Crippen molar-refractivity contribution < 1.29 is 22.2 Å². The van der Waals surface area contributed by atoms with Crippen LogP contribution in [0.1, 0.15) is 40.8 Å². The van der Waals surface area contributed by atoms with Gasteiger partial charge in [-0.2, -0.15) is 18.0 Å². The van der Waals surface area contributed by atoms with Crippen LogP contribution in [0.3, 0.4) is 0 Å². The Kier molecular flexibility index (Phi) is 5.45. The molecule has 0 bridgehead atoms. The number of hydrogen-bond acceptors (Lipinski definition) is 5. The molecule has 1 unspecified atom stereocenters. The van der Waals surface area contributed by atoms with E-state index in [2.05, 4.69) is 16.5 Å². The lowest BCUT2D eigenvalue weighted by molar-refractivity contribution is -0.884. The van der Waals surface area contributed by atoms with E-state index in [0.717, 1.165) is 49.7 Å². The van der Waals surface area contributed by atoms with E-state index in [1.807, 2.05) is 21.1 Å². The Bertz CT molecular complexity index is 1120. The fraction of sp³-hybridized carbons (Fsp3) is 0.524. The number of amides is 2. The molecule has 1 aromatic heterocycles. The SMILES string of the molecule is Cn1nc(S(=O)(=O)[NH+]([O-])C(=O)Nc2c3c(cc4c2CCC4)CCC3)cc1C[N+](C)(C)C. The van der Waals surface area contributed by atoms with Crippen LogP contribution in [0.4, 0.5) is 10.5 Å². The van der Waals surface area contributed by atoms with Gasteiger partial charge in [0.15, 0.2) is 0 Å². The molecule has 2 N–H and O–H groups in total. The molecule has 2 aliphatic carbocycles. The van der Waals surface area contributed by atoms with Gasteiger partial charge in [-0.05, 0) is 60.8 Å². The van der Waals surface area contributed by atoms with E-state index in [1.54, 1.807) is 7.05 Å². The number of benzene rings is 1. The van der Waals surface area contributed by atoms with Crippen LogP contribution in [-0.4, -0.2) is 49.9 Å². The number of urea groups is 1. The molecule has 9 nitrogen and oxygen atoms in total. The summed E-state index contributed by atoms with van der Waals surface area (Å²) in [5.74, 6) is 0. The molecule has 10 heteroatoms. The summed E-state index contributed by atoms with van der Waals surface area (Å²) in [6.45, 7) is 0.529. The number of anilines is 1. The number of nitrogens with one attached hydrogen (secondary N) is 2. The first-order valence-electron chi connectivity index (χ1n) is 10.6. The first-order valence-corrected chi connectivity index (χ1v) is 12.1. The largest absolute Gasteiger partial charge is 0.609 e. The van der Waals surface area contributed by atoms with Gasteiger partial charge in [-0.3, -0.25) is 10.00 Å². The number of fused-ring (bicyclic) bond motifs is 2. The van der Waals surface area contributed by atoms with Gasteiger partial charge >= 0.3 is 16.1 Å². The Morgan fingerprint density at radius 2 is 1.71 bits per heavy atom. The molecule has 4 rings (SSSR count). The standard InChI is InChI=1S/C21H29N5O4S/c1-24-16(13-26(2,3)4)12-19(23-24)31(29,30)25(28)21(27)22-20-17-9-5-7-14(17)11-15-8-6-10-18(15)20/h11-12,25H,5-10,13H2,1-4H3/p+1. The first kappa shape index (κ1) is 21.9. The van der Waals surface area contributed by atoms with Crippen molar-refractivity contribution in [3.63, 3.8) is 0 Å². The van der Waals surface area contributed by atoms with Crippen LogP contribution in [-0.2, 0) is 49.3 Å². The van der Waals surface area contributed by atoms with Gasteiger partial charge in [0.1, 0.15) is 6.54 Å². The molecule has 1 atom stereocenters. The molecule has 31 heavy (non-hydrogen) atoms. The zero-order chi connectivity index (χ0) is 22.6. The summed E-state index contributed by atoms with van der Waals surface area (Å²) in [6, 6.07) is 2.47. The summed E-state index contributed by atoms with van der Waals surface area (Å²) >= 11 is 0. The third-order valence-electron chi connectivity index (χ3n) is 6.01. The number of hydroxylamine groups is 1. The van der Waals surface area contributed by atoms with E-state index >= 15 is 0 Å². The third-order valence-corrected chi connectivity index (χ3v) is 7.43. The quantitative estimate of drug-likeness (QED) is 0.522. The molecule has 2 aromatic rings. The van der Waals surface area contributed by atoms with Crippen LogP contribution < -0.4 is 9.79 Å². The topological polar surface area (TPSA) is 109 Å². The van der Waals surface area contributed by atoms with Crippen molar-refractivity contribution in [2.24, 2.45) is 7.05 Å². The predicted octanol–water partition coefficient (Wildman–Crippen LogP) is 0.907. The van der Waals surface area contributed by atoms with Crippen LogP contribution in [0.25, 0.3) is 0 Å². The van der Waals surface area contributed by atoms with Gasteiger partial charge in [0.05, 0.1) is 32.5 Å². The molecule has 2 aliphatic rings. The zero-order valence-electron chi connectivity index (χ0n) is 18.5. The number of aromatic nitrogens is 2. The number of carbonyl (C=O) groups is 1. The van der Waals surface area contributed by atoms with Crippen molar-refractivity contribution in [2.45, 2.75) is 50.1 Å². The zero-order valence-corrected chi connectivity index (χ0v) is 19.3. The summed E-state index contributed by atoms with van der Waals surface area (Å²) in [5.41, 5.74) is 5.80. The summed E-state index contributed by atoms with van der Waals surface area (Å²) < 4.78 is 26.3. The van der Waals surface area contributed by atoms with Gasteiger partial charge in [-0.25, -0.2) is 4.79 Å². The Labute approximate surface area is 182 Å². The monoisotopic (exact) mass is 448 g/mol. The van der Waals surface area contributed by atoms with Crippen molar-refractivity contribution in [2.75, 3.05) is 26.5 Å². The first-order chi connectivity index (χ1) is 14.5. The highest BCUT2D eigenvalue weighted by molar-refractivity contribution is 7.85. The molecular weight excluding hydrogens is 418 g/mol. The number of sulfonamides is 1. The number of quaternary nitrogens is 2. The number of carbonyl (C=O) groups excluding carboxylic acids is 1. The fourth-order valence-electron chi connectivity index (χ4n) is 4.59. The van der Waals surface area contributed by atoms with Crippen LogP contribution in [0.2, 0.25) is 0 Å². The van der Waals surface area contributed by atoms with E-state index in [4.69, 9.17) is 0 Å². The van der Waals surface area contributed by atoms with Gasteiger partial charge in [0.25, 0.3) is 0 Å². The predicted molar refractivity (Wildman–Crippen MR) is 116 cm³/mol. The smallest absolute Gasteiger partial charge is 0.435 e. The number of hydrogen-bond donors (Lipinski definition) is 2. The van der Waals surface area contributed by atoms with Gasteiger partial charge in [0, 0.05) is 13.1 Å². The average molecular weight is 449 g/mol. The van der Waals surface area contributed by atoms with Gasteiger partial charge in [0.2, 0.25) is 5.03 Å². The molecule has 1 heterocycles. The summed E-state index contributed by atoms with van der Waals surface area (Å²) in [5, 5.41) is 19.0. The molecule has 0 saturated carbocycles. The fourth-order valence-corrected chi connectivity index (χ4v) is 5.60. The normalized spacial score (nSPS) is 16.8. The molecule has 0 radical (unpaired) electrons. The number of rotatable bonds is 5. The van der Waals surface area contributed by atoms with Gasteiger partial charge in [-0.1, -0.05) is 6.07 Å². The van der Waals surface area contributed by atoms with Crippen LogP contribution in [0.5, 0.6) is 0 Å². The highest BCUT2D eigenvalue weighted by Crippen LogP contribution is 2.38. The highest BCUT2D eigenvalue weighted by atomic mass is 32.2. The maximum Gasteiger partial charge on any atom is 0.435 e. The Morgan fingerprint density at radius 1 is 1.13 bits per heavy atom. The van der Waals surface area contributed by atoms with Crippen LogP contribution >= 0.6 is 0 Å². The lowest BCUT2D eigenvalue weighted by Gasteiger charge is -2.23. The minimum Gasteiger partial charge on any atom is -0.609 e. The van der Waals surface area contributed by atoms with Crippen molar-refractivity contribution in [3.8, 4) is 0 Å². The van der Waals surface area contributed by atoms with Crippen molar-refractivity contribution >= 4 is 21.7 Å². The molecule has 0 spiro atoms. The summed E-state index contributed by atoms with van der Waals surface area (Å²) in [4.78, 5) is 12.8. The molecule has 168 valence electrons.